The van der Waals surface area contributed by atoms with Gasteiger partial charge in [0.15, 0.2) is 0 Å². The molecule has 0 aromatic carbocycles. The van der Waals surface area contributed by atoms with Gasteiger partial charge in [0, 0.05) is 108 Å². The van der Waals surface area contributed by atoms with Crippen molar-refractivity contribution >= 4 is 53.2 Å². The summed E-state index contributed by atoms with van der Waals surface area (Å²) in [5.41, 5.74) is -5.46. The maximum atomic E-state index is 12.6. The van der Waals surface area contributed by atoms with Crippen molar-refractivity contribution in [2.45, 2.75) is 207 Å². The summed E-state index contributed by atoms with van der Waals surface area (Å²) in [6.45, 7) is 33.6. The van der Waals surface area contributed by atoms with Crippen LogP contribution in [0.3, 0.4) is 0 Å². The molecule has 3 heterocycles. The molecule has 0 saturated carbocycles. The van der Waals surface area contributed by atoms with Crippen LogP contribution in [0.15, 0.2) is 36.5 Å². The van der Waals surface area contributed by atoms with E-state index in [1.54, 1.807) is 0 Å². The number of amides is 9. The van der Waals surface area contributed by atoms with Crippen LogP contribution < -0.4 is 16.0 Å². The molecular weight excluding hydrogens is 1110 g/mol. The zero-order valence-electron chi connectivity index (χ0n) is 54.4. The third kappa shape index (κ3) is 29.2. The van der Waals surface area contributed by atoms with Crippen LogP contribution in [0.25, 0.3) is 0 Å². The van der Waals surface area contributed by atoms with Gasteiger partial charge in [0.1, 0.15) is 0 Å². The van der Waals surface area contributed by atoms with Crippen molar-refractivity contribution in [1.82, 2.24) is 30.7 Å². The summed E-state index contributed by atoms with van der Waals surface area (Å²) in [4.78, 5) is 112. The molecule has 0 spiro atoms. The zero-order chi connectivity index (χ0) is 64.6. The second-order valence-electron chi connectivity index (χ2n) is 26.7. The fraction of sp³-hybridized carbons (Fsp3) is 0.762. The number of hydrogen-bond acceptors (Lipinski definition) is 17. The van der Waals surface area contributed by atoms with E-state index in [1.165, 1.54) is 36.5 Å². The van der Waals surface area contributed by atoms with Crippen molar-refractivity contribution in [2.24, 2.45) is 5.41 Å². The van der Waals surface area contributed by atoms with E-state index in [2.05, 4.69) is 16.0 Å². The van der Waals surface area contributed by atoms with Crippen LogP contribution in [-0.4, -0.2) is 206 Å². The van der Waals surface area contributed by atoms with Crippen LogP contribution in [0.4, 0.5) is 0 Å². The molecule has 23 nitrogen and oxygen atoms in total. The highest BCUT2D eigenvalue weighted by Gasteiger charge is 2.41. The Labute approximate surface area is 511 Å². The van der Waals surface area contributed by atoms with Crippen molar-refractivity contribution in [3.63, 3.8) is 0 Å². The first-order valence-electron chi connectivity index (χ1n) is 30.4. The lowest BCUT2D eigenvalue weighted by atomic mass is 9.89. The number of nitrogens with one attached hydrogen (secondary N) is 3. The third-order valence-electron chi connectivity index (χ3n) is 15.3. The van der Waals surface area contributed by atoms with Gasteiger partial charge in [0.25, 0.3) is 35.4 Å². The molecule has 0 unspecified atom stereocenters. The maximum absolute atomic E-state index is 12.6. The molecule has 0 bridgehead atoms. The second kappa shape index (κ2) is 33.9. The fourth-order valence-corrected chi connectivity index (χ4v) is 8.70. The molecule has 0 atom stereocenters. The normalized spacial score (nSPS) is 15.6. The molecule has 0 radical (unpaired) electrons. The quantitative estimate of drug-likeness (QED) is 0.0494. The zero-order valence-corrected chi connectivity index (χ0v) is 54.4. The van der Waals surface area contributed by atoms with E-state index in [9.17, 15) is 43.2 Å². The number of ether oxygens (including phenoxy) is 8. The second-order valence-corrected chi connectivity index (χ2v) is 26.7. The van der Waals surface area contributed by atoms with E-state index in [-0.39, 0.29) is 83.0 Å². The van der Waals surface area contributed by atoms with Gasteiger partial charge in [-0.25, -0.2) is 0 Å². The molecule has 23 heteroatoms. The lowest BCUT2D eigenvalue weighted by Crippen LogP contribution is -2.49. The maximum Gasteiger partial charge on any atom is 0.253 e. The number of hydrogen-bond donors (Lipinski definition) is 3. The SMILES string of the molecule is CCOCCC(C)(C)OCC(COC(C)(C)CCOC(C)(C)CCNC(=O)CCN1C(=O)C=CC1=O)(COC(C)(C)CCOC(C)(C)CCNC(=O)CCN1C(=O)C=CC1=O)COC(C)(C)CCOC(C)(C)CCNC(=O)CCN1C(=O)C=CC1=O. The van der Waals surface area contributed by atoms with E-state index < -0.39 is 80.1 Å². The molecule has 3 aliphatic heterocycles. The fourth-order valence-electron chi connectivity index (χ4n) is 8.70. The number of carbonyl (C=O) groups is 9. The Hall–Kier alpha value is -5.27. The van der Waals surface area contributed by atoms with Crippen molar-refractivity contribution in [2.75, 3.05) is 98.7 Å². The van der Waals surface area contributed by atoms with Gasteiger partial charge in [0.2, 0.25) is 17.7 Å². The van der Waals surface area contributed by atoms with Crippen molar-refractivity contribution in [3.8, 4) is 0 Å². The molecular formula is C63H104N6O17. The number of nitrogens with zero attached hydrogens (tertiary/aromatic N) is 3. The molecule has 9 amide bonds. The highest BCUT2D eigenvalue weighted by atomic mass is 16.6. The third-order valence-corrected chi connectivity index (χ3v) is 15.3. The summed E-state index contributed by atoms with van der Waals surface area (Å²) >= 11 is 0. The molecule has 3 aliphatic rings. The largest absolute Gasteiger partial charge is 0.382 e. The lowest BCUT2D eigenvalue weighted by Gasteiger charge is -2.42. The summed E-state index contributed by atoms with van der Waals surface area (Å²) < 4.78 is 52.5. The van der Waals surface area contributed by atoms with Crippen molar-refractivity contribution < 1.29 is 81.0 Å². The van der Waals surface area contributed by atoms with E-state index in [0.29, 0.717) is 97.6 Å². The minimum Gasteiger partial charge on any atom is -0.382 e. The average Bonchev–Trinajstić information content (AvgIpc) is 3.53. The van der Waals surface area contributed by atoms with Crippen molar-refractivity contribution in [1.29, 1.82) is 0 Å². The molecule has 0 saturated heterocycles. The first-order chi connectivity index (χ1) is 39.9. The minimum absolute atomic E-state index is 0.00325. The summed E-state index contributed by atoms with van der Waals surface area (Å²) in [6.07, 6.45) is 10.8. The van der Waals surface area contributed by atoms with Gasteiger partial charge >= 0.3 is 0 Å². The molecule has 3 rings (SSSR count). The highest BCUT2D eigenvalue weighted by Crippen LogP contribution is 2.33. The van der Waals surface area contributed by atoms with Gasteiger partial charge < -0.3 is 53.8 Å². The predicted molar refractivity (Wildman–Crippen MR) is 322 cm³/mol. The molecule has 0 aromatic heterocycles. The van der Waals surface area contributed by atoms with Gasteiger partial charge in [0.05, 0.1) is 90.9 Å². The summed E-state index contributed by atoms with van der Waals surface area (Å²) in [5.74, 6) is -3.40. The van der Waals surface area contributed by atoms with Gasteiger partial charge in [-0.1, -0.05) is 0 Å². The highest BCUT2D eigenvalue weighted by molar-refractivity contribution is 6.14. The Morgan fingerprint density at radius 3 is 0.802 bits per heavy atom. The van der Waals surface area contributed by atoms with Gasteiger partial charge in [-0.2, -0.15) is 0 Å². The molecule has 0 fully saturated rings. The van der Waals surface area contributed by atoms with E-state index >= 15 is 0 Å². The van der Waals surface area contributed by atoms with Crippen molar-refractivity contribution in [3.05, 3.63) is 36.5 Å². The van der Waals surface area contributed by atoms with E-state index in [1.807, 2.05) is 104 Å². The molecule has 488 valence electrons. The number of rotatable bonds is 46. The Morgan fingerprint density at radius 1 is 0.349 bits per heavy atom. The van der Waals surface area contributed by atoms with Crippen LogP contribution in [0.5, 0.6) is 0 Å². The monoisotopic (exact) mass is 1220 g/mol. The number of carbonyl (C=O) groups excluding carboxylic acids is 9. The predicted octanol–water partition coefficient (Wildman–Crippen LogP) is 5.60. The van der Waals surface area contributed by atoms with Gasteiger partial charge in [-0.05, 0) is 149 Å². The van der Waals surface area contributed by atoms with Crippen LogP contribution in [-0.2, 0) is 81.0 Å². The Bertz CT molecular complexity index is 2100. The summed E-state index contributed by atoms with van der Waals surface area (Å²) in [6, 6.07) is 0. The Balaban J connectivity index is 1.72. The van der Waals surface area contributed by atoms with Crippen LogP contribution in [0.1, 0.15) is 168 Å². The molecule has 0 aliphatic carbocycles. The average molecular weight is 1220 g/mol. The smallest absolute Gasteiger partial charge is 0.253 e. The standard InChI is InChI=1S/C63H104N6O17/c1-16-79-39-29-59(8,9)83-43-63(44-84-60(10,11)30-40-80-56(2,3)26-33-64-47(70)23-36-67-50(73)17-18-51(67)74,45-85-61(12,13)31-41-81-57(4,5)27-34-65-48(71)24-37-68-52(75)19-20-53(68)76)46-86-62(14,15)32-42-82-58(6,7)28-35-66-49(72)25-38-69-54(77)21-22-55(69)78/h17-22H,16,23-46H2,1-15H3,(H,64,70)(H,65,71)(H,66,72). The van der Waals surface area contributed by atoms with Gasteiger partial charge in [-0.3, -0.25) is 57.9 Å². The Kier molecular flexibility index (Phi) is 29.6. The van der Waals surface area contributed by atoms with Gasteiger partial charge in [-0.15, -0.1) is 0 Å². The first-order valence-corrected chi connectivity index (χ1v) is 30.4. The minimum atomic E-state index is -0.882. The molecule has 0 aromatic rings. The first kappa shape index (κ1) is 75.0. The Morgan fingerprint density at radius 2 is 0.570 bits per heavy atom. The van der Waals surface area contributed by atoms with Crippen LogP contribution in [0.2, 0.25) is 0 Å². The van der Waals surface area contributed by atoms with Crippen LogP contribution >= 0.6 is 0 Å². The number of imide groups is 3. The van der Waals surface area contributed by atoms with Crippen LogP contribution in [0, 0.1) is 5.41 Å². The summed E-state index contributed by atoms with van der Waals surface area (Å²) in [7, 11) is 0. The molecule has 86 heavy (non-hydrogen) atoms. The van der Waals surface area contributed by atoms with E-state index in [4.69, 9.17) is 37.9 Å². The lowest BCUT2D eigenvalue weighted by molar-refractivity contribution is -0.197. The van der Waals surface area contributed by atoms with E-state index in [0.717, 1.165) is 14.7 Å². The summed E-state index contributed by atoms with van der Waals surface area (Å²) in [5, 5.41) is 8.61. The topological polar surface area (TPSA) is 273 Å². The molecule has 3 N–H and O–H groups in total.